The molecular formula is C20H12O2. The molecule has 0 aromatic heterocycles. The summed E-state index contributed by atoms with van der Waals surface area (Å²) in [4.78, 5) is 23.8. The van der Waals surface area contributed by atoms with Crippen LogP contribution in [0.25, 0.3) is 27.1 Å². The van der Waals surface area contributed by atoms with Crippen molar-refractivity contribution in [2.45, 2.75) is 0 Å². The Bertz CT molecular complexity index is 1010. The lowest BCUT2D eigenvalue weighted by atomic mass is 9.90. The van der Waals surface area contributed by atoms with Crippen molar-refractivity contribution < 1.29 is 9.59 Å². The molecule has 0 aliphatic heterocycles. The molecule has 0 amide bonds. The molecule has 22 heavy (non-hydrogen) atoms. The number of rotatable bonds is 1. The first kappa shape index (κ1) is 12.7. The third-order valence-electron chi connectivity index (χ3n) is 4.03. The van der Waals surface area contributed by atoms with E-state index in [0.717, 1.165) is 27.1 Å². The van der Waals surface area contributed by atoms with Crippen molar-refractivity contribution in [3.8, 4) is 0 Å². The van der Waals surface area contributed by atoms with E-state index in [0.29, 0.717) is 5.57 Å². The molecule has 0 N–H and O–H groups in total. The van der Waals surface area contributed by atoms with Gasteiger partial charge in [0, 0.05) is 5.57 Å². The van der Waals surface area contributed by atoms with Crippen LogP contribution in [0.2, 0.25) is 0 Å². The van der Waals surface area contributed by atoms with Gasteiger partial charge in [0.05, 0.1) is 0 Å². The topological polar surface area (TPSA) is 34.1 Å². The monoisotopic (exact) mass is 284 g/mol. The van der Waals surface area contributed by atoms with Gasteiger partial charge in [-0.15, -0.1) is 0 Å². The summed E-state index contributed by atoms with van der Waals surface area (Å²) in [6.45, 7) is 0. The second kappa shape index (κ2) is 4.78. The SMILES string of the molecule is O=C1C=CC(=O)C(c2cccc3c2ccc2ccccc23)=C1. The second-order valence-corrected chi connectivity index (χ2v) is 5.35. The maximum absolute atomic E-state index is 12.1. The predicted octanol–water partition coefficient (Wildman–Crippen LogP) is 4.08. The van der Waals surface area contributed by atoms with E-state index in [9.17, 15) is 9.59 Å². The maximum atomic E-state index is 12.1. The number of allylic oxidation sites excluding steroid dienone is 4. The lowest BCUT2D eigenvalue weighted by Gasteiger charge is -2.12. The molecule has 2 heteroatoms. The van der Waals surface area contributed by atoms with Gasteiger partial charge in [0.15, 0.2) is 11.6 Å². The van der Waals surface area contributed by atoms with Crippen LogP contribution in [-0.2, 0) is 9.59 Å². The molecule has 0 heterocycles. The Morgan fingerprint density at radius 3 is 2.36 bits per heavy atom. The van der Waals surface area contributed by atoms with E-state index >= 15 is 0 Å². The van der Waals surface area contributed by atoms with Crippen LogP contribution in [0.15, 0.2) is 72.8 Å². The summed E-state index contributed by atoms with van der Waals surface area (Å²) in [5, 5.41) is 4.38. The Morgan fingerprint density at radius 2 is 1.45 bits per heavy atom. The van der Waals surface area contributed by atoms with E-state index in [1.165, 1.54) is 18.2 Å². The molecule has 1 aliphatic rings. The first-order chi connectivity index (χ1) is 10.7. The number of hydrogen-bond donors (Lipinski definition) is 0. The molecule has 0 saturated carbocycles. The summed E-state index contributed by atoms with van der Waals surface area (Å²) in [5.41, 5.74) is 1.28. The van der Waals surface area contributed by atoms with Gasteiger partial charge >= 0.3 is 0 Å². The molecule has 2 nitrogen and oxygen atoms in total. The van der Waals surface area contributed by atoms with E-state index < -0.39 is 0 Å². The molecule has 0 radical (unpaired) electrons. The quantitative estimate of drug-likeness (QED) is 0.498. The van der Waals surface area contributed by atoms with E-state index in [1.807, 2.05) is 42.5 Å². The highest BCUT2D eigenvalue weighted by molar-refractivity contribution is 6.35. The summed E-state index contributed by atoms with van der Waals surface area (Å²) in [5.74, 6) is -0.271. The van der Waals surface area contributed by atoms with Gasteiger partial charge in [0.1, 0.15) is 0 Å². The molecule has 1 aliphatic carbocycles. The highest BCUT2D eigenvalue weighted by Gasteiger charge is 2.17. The van der Waals surface area contributed by atoms with Crippen molar-refractivity contribution in [2.24, 2.45) is 0 Å². The molecular weight excluding hydrogens is 272 g/mol. The van der Waals surface area contributed by atoms with Gasteiger partial charge in [-0.3, -0.25) is 9.59 Å². The molecule has 0 atom stereocenters. The molecule has 0 spiro atoms. The number of hydrogen-bond acceptors (Lipinski definition) is 2. The zero-order valence-electron chi connectivity index (χ0n) is 11.7. The zero-order chi connectivity index (χ0) is 15.1. The average molecular weight is 284 g/mol. The van der Waals surface area contributed by atoms with Crippen molar-refractivity contribution >= 4 is 38.7 Å². The number of carbonyl (C=O) groups is 2. The normalized spacial score (nSPS) is 14.6. The first-order valence-corrected chi connectivity index (χ1v) is 7.13. The van der Waals surface area contributed by atoms with Crippen LogP contribution in [0.3, 0.4) is 0 Å². The highest BCUT2D eigenvalue weighted by Crippen LogP contribution is 2.32. The Balaban J connectivity index is 2.06. The van der Waals surface area contributed by atoms with Crippen LogP contribution in [0.1, 0.15) is 5.56 Å². The first-order valence-electron chi connectivity index (χ1n) is 7.13. The van der Waals surface area contributed by atoms with Crippen LogP contribution in [-0.4, -0.2) is 11.6 Å². The minimum absolute atomic E-state index is 0.125. The van der Waals surface area contributed by atoms with Gasteiger partial charge in [0.25, 0.3) is 0 Å². The molecule has 0 saturated heterocycles. The fraction of sp³-hybridized carbons (Fsp3) is 0. The van der Waals surface area contributed by atoms with Crippen molar-refractivity contribution in [3.63, 3.8) is 0 Å². The van der Waals surface area contributed by atoms with Crippen LogP contribution < -0.4 is 0 Å². The van der Waals surface area contributed by atoms with Crippen molar-refractivity contribution in [3.05, 3.63) is 78.4 Å². The fourth-order valence-electron chi connectivity index (χ4n) is 2.99. The molecule has 0 unspecified atom stereocenters. The molecule has 3 aromatic carbocycles. The van der Waals surface area contributed by atoms with Gasteiger partial charge in [0.2, 0.25) is 0 Å². The average Bonchev–Trinajstić information content (AvgIpc) is 2.56. The Morgan fingerprint density at radius 1 is 0.636 bits per heavy atom. The molecule has 0 fully saturated rings. The third-order valence-corrected chi connectivity index (χ3v) is 4.03. The number of ketones is 2. The van der Waals surface area contributed by atoms with E-state index in [1.54, 1.807) is 0 Å². The Hall–Kier alpha value is -3.00. The van der Waals surface area contributed by atoms with Crippen molar-refractivity contribution in [1.82, 2.24) is 0 Å². The van der Waals surface area contributed by atoms with E-state index in [4.69, 9.17) is 0 Å². The van der Waals surface area contributed by atoms with Gasteiger partial charge in [-0.1, -0.05) is 54.6 Å². The number of benzene rings is 3. The second-order valence-electron chi connectivity index (χ2n) is 5.35. The molecule has 104 valence electrons. The Kier molecular flexibility index (Phi) is 2.76. The number of fused-ring (bicyclic) bond motifs is 3. The Labute approximate surface area is 127 Å². The molecule has 4 rings (SSSR count). The zero-order valence-corrected chi connectivity index (χ0v) is 11.7. The lowest BCUT2D eigenvalue weighted by molar-refractivity contribution is -0.113. The van der Waals surface area contributed by atoms with Crippen molar-refractivity contribution in [1.29, 1.82) is 0 Å². The summed E-state index contributed by atoms with van der Waals surface area (Å²) < 4.78 is 0. The van der Waals surface area contributed by atoms with Gasteiger partial charge in [-0.05, 0) is 45.3 Å². The van der Waals surface area contributed by atoms with Crippen LogP contribution in [0, 0.1) is 0 Å². The minimum Gasteiger partial charge on any atom is -0.290 e. The van der Waals surface area contributed by atoms with E-state index in [2.05, 4.69) is 12.1 Å². The fourth-order valence-corrected chi connectivity index (χ4v) is 2.99. The van der Waals surface area contributed by atoms with E-state index in [-0.39, 0.29) is 11.6 Å². The minimum atomic E-state index is -0.146. The summed E-state index contributed by atoms with van der Waals surface area (Å²) >= 11 is 0. The van der Waals surface area contributed by atoms with Crippen LogP contribution in [0.5, 0.6) is 0 Å². The summed E-state index contributed by atoms with van der Waals surface area (Å²) in [6.07, 6.45) is 4.08. The van der Waals surface area contributed by atoms with Gasteiger partial charge < -0.3 is 0 Å². The van der Waals surface area contributed by atoms with Crippen molar-refractivity contribution in [2.75, 3.05) is 0 Å². The summed E-state index contributed by atoms with van der Waals surface area (Å²) in [6, 6.07) is 18.1. The largest absolute Gasteiger partial charge is 0.290 e. The highest BCUT2D eigenvalue weighted by atomic mass is 16.1. The molecule has 0 bridgehead atoms. The summed E-state index contributed by atoms with van der Waals surface area (Å²) in [7, 11) is 0. The number of carbonyl (C=O) groups excluding carboxylic acids is 2. The smallest absolute Gasteiger partial charge is 0.186 e. The maximum Gasteiger partial charge on any atom is 0.186 e. The standard InChI is InChI=1S/C20H12O2/c21-14-9-11-20(22)19(12-14)17-7-3-6-16-15-5-2-1-4-13(15)8-10-18(16)17/h1-12H. The van der Waals surface area contributed by atoms with Crippen LogP contribution in [0.4, 0.5) is 0 Å². The van der Waals surface area contributed by atoms with Crippen LogP contribution >= 0.6 is 0 Å². The third kappa shape index (κ3) is 1.89. The molecule has 3 aromatic rings. The lowest BCUT2D eigenvalue weighted by Crippen LogP contribution is -2.07. The predicted molar refractivity (Wildman–Crippen MR) is 88.6 cm³/mol. The van der Waals surface area contributed by atoms with Gasteiger partial charge in [-0.25, -0.2) is 0 Å². The van der Waals surface area contributed by atoms with Gasteiger partial charge in [-0.2, -0.15) is 0 Å².